The van der Waals surface area contributed by atoms with Crippen molar-refractivity contribution >= 4 is 46.7 Å². The Morgan fingerprint density at radius 3 is 2.62 bits per heavy atom. The number of carboxylic acid groups (broad SMARTS) is 1. The molecule has 204 valence electrons. The third kappa shape index (κ3) is 3.49. The molecule has 2 atom stereocenters. The fourth-order valence-corrected chi connectivity index (χ4v) is 6.52. The Labute approximate surface area is 240 Å². The van der Waals surface area contributed by atoms with Crippen molar-refractivity contribution in [2.24, 2.45) is 0 Å². The summed E-state index contributed by atoms with van der Waals surface area (Å²) in [4.78, 5) is 42.5. The van der Waals surface area contributed by atoms with Gasteiger partial charge in [0.05, 0.1) is 35.0 Å². The fraction of sp³-hybridized carbons (Fsp3) is 0.233. The van der Waals surface area contributed by atoms with Crippen LogP contribution >= 0.6 is 23.2 Å². The van der Waals surface area contributed by atoms with Gasteiger partial charge in [0, 0.05) is 33.7 Å². The highest BCUT2D eigenvalue weighted by Gasteiger charge is 2.65. The van der Waals surface area contributed by atoms with Crippen LogP contribution in [0.5, 0.6) is 5.75 Å². The highest BCUT2D eigenvalue weighted by molar-refractivity contribution is 6.31. The number of alkyl halides is 1. The minimum Gasteiger partial charge on any atom is -0.495 e. The molecule has 1 saturated heterocycles. The van der Waals surface area contributed by atoms with Gasteiger partial charge in [0.2, 0.25) is 0 Å². The minimum absolute atomic E-state index is 0.0324. The van der Waals surface area contributed by atoms with E-state index >= 15 is 0 Å². The van der Waals surface area contributed by atoms with Crippen molar-refractivity contribution in [3.8, 4) is 11.4 Å². The highest BCUT2D eigenvalue weighted by Crippen LogP contribution is 2.56. The first kappa shape index (κ1) is 26.2. The zero-order valence-corrected chi connectivity index (χ0v) is 23.4. The summed E-state index contributed by atoms with van der Waals surface area (Å²) in [6.07, 6.45) is 5.75. The van der Waals surface area contributed by atoms with Gasteiger partial charge < -0.3 is 19.7 Å². The second kappa shape index (κ2) is 9.28. The number of fused-ring (bicyclic) bond motifs is 4. The maximum atomic E-state index is 14.5. The predicted molar refractivity (Wildman–Crippen MR) is 152 cm³/mol. The number of carboxylic acids is 1. The van der Waals surface area contributed by atoms with Crippen molar-refractivity contribution < 1.29 is 24.2 Å². The van der Waals surface area contributed by atoms with Crippen LogP contribution in [-0.2, 0) is 10.3 Å². The van der Waals surface area contributed by atoms with Crippen LogP contribution in [0.3, 0.4) is 0 Å². The summed E-state index contributed by atoms with van der Waals surface area (Å²) in [5.41, 5.74) is 1.47. The Morgan fingerprint density at radius 2 is 1.93 bits per heavy atom. The molecule has 3 aliphatic rings. The molecule has 2 N–H and O–H groups in total. The van der Waals surface area contributed by atoms with Crippen molar-refractivity contribution in [2.45, 2.75) is 37.1 Å². The lowest BCUT2D eigenvalue weighted by Gasteiger charge is -2.37. The quantitative estimate of drug-likeness (QED) is 0.375. The molecule has 2 unspecified atom stereocenters. The monoisotopic (exact) mass is 577 g/mol. The molecule has 3 aromatic rings. The minimum atomic E-state index is -1.68. The first-order chi connectivity index (χ1) is 19.1. The SMILES string of the molecule is COc1ccccc1-n1cc2c(c1C(C)C)C1(C(=O)NC3=CC(Cl)CC=C31)N(c1cc(Cl)ccc1C(=O)O)C2=O. The molecule has 0 radical (unpaired) electrons. The van der Waals surface area contributed by atoms with Crippen LogP contribution in [-0.4, -0.2) is 39.9 Å². The molecule has 1 spiro atoms. The summed E-state index contributed by atoms with van der Waals surface area (Å²) < 4.78 is 7.53. The maximum Gasteiger partial charge on any atom is 0.337 e. The van der Waals surface area contributed by atoms with Gasteiger partial charge in [-0.25, -0.2) is 4.79 Å². The van der Waals surface area contributed by atoms with Gasteiger partial charge in [-0.3, -0.25) is 14.5 Å². The molecule has 2 amide bonds. The number of anilines is 1. The van der Waals surface area contributed by atoms with E-state index in [0.717, 1.165) is 5.69 Å². The number of nitrogens with zero attached hydrogens (tertiary/aromatic N) is 2. The second-order valence-electron chi connectivity index (χ2n) is 10.2. The van der Waals surface area contributed by atoms with Crippen LogP contribution in [0.1, 0.15) is 58.2 Å². The van der Waals surface area contributed by atoms with Gasteiger partial charge in [-0.15, -0.1) is 11.6 Å². The van der Waals surface area contributed by atoms with Gasteiger partial charge in [0.1, 0.15) is 5.75 Å². The lowest BCUT2D eigenvalue weighted by atomic mass is 9.79. The van der Waals surface area contributed by atoms with Crippen LogP contribution in [0.2, 0.25) is 5.02 Å². The molecule has 6 rings (SSSR count). The average Bonchev–Trinajstić information content (AvgIpc) is 3.52. The number of hydrogen-bond donors (Lipinski definition) is 2. The van der Waals surface area contributed by atoms with Crippen LogP contribution in [0, 0.1) is 0 Å². The second-order valence-corrected chi connectivity index (χ2v) is 11.2. The molecule has 2 aliphatic heterocycles. The summed E-state index contributed by atoms with van der Waals surface area (Å²) >= 11 is 12.8. The number of carbonyl (C=O) groups is 3. The van der Waals surface area contributed by atoms with Gasteiger partial charge >= 0.3 is 5.97 Å². The van der Waals surface area contributed by atoms with E-state index in [9.17, 15) is 19.5 Å². The molecule has 8 nitrogen and oxygen atoms in total. The highest BCUT2D eigenvalue weighted by atomic mass is 35.5. The van der Waals surface area contributed by atoms with Crippen LogP contribution < -0.4 is 15.0 Å². The fourth-order valence-electron chi connectivity index (χ4n) is 6.14. The van der Waals surface area contributed by atoms with E-state index < -0.39 is 23.3 Å². The number of allylic oxidation sites excluding steroid dienone is 2. The van der Waals surface area contributed by atoms with Crippen molar-refractivity contribution in [1.82, 2.24) is 9.88 Å². The third-order valence-electron chi connectivity index (χ3n) is 7.65. The number of hydrogen-bond acceptors (Lipinski definition) is 4. The molecule has 2 aromatic carbocycles. The molecule has 3 heterocycles. The Bertz CT molecular complexity index is 1690. The van der Waals surface area contributed by atoms with E-state index in [0.29, 0.717) is 34.7 Å². The smallest absolute Gasteiger partial charge is 0.337 e. The summed E-state index contributed by atoms with van der Waals surface area (Å²) in [6, 6.07) is 11.6. The lowest BCUT2D eigenvalue weighted by Crippen LogP contribution is -2.51. The third-order valence-corrected chi connectivity index (χ3v) is 8.19. The Morgan fingerprint density at radius 1 is 1.18 bits per heavy atom. The number of carbonyl (C=O) groups excluding carboxylic acids is 2. The van der Waals surface area contributed by atoms with Gasteiger partial charge in [0.15, 0.2) is 5.54 Å². The number of amides is 2. The van der Waals surface area contributed by atoms with Crippen LogP contribution in [0.4, 0.5) is 5.69 Å². The summed E-state index contributed by atoms with van der Waals surface area (Å²) in [5.74, 6) is -1.79. The first-order valence-electron chi connectivity index (χ1n) is 12.8. The maximum absolute atomic E-state index is 14.5. The molecule has 0 saturated carbocycles. The standard InChI is InChI=1S/C30H25Cl2N3O5/c1-15(2)26-25-19(14-34(26)22-6-4-5-7-24(22)40-3)27(36)35(23-13-17(32)8-10-18(23)28(37)38)30(25)20-11-9-16(31)12-21(20)33-29(30)39/h4-8,10-16H,9H2,1-3H3,(H,33,39)(H,37,38). The van der Waals surface area contributed by atoms with E-state index in [-0.39, 0.29) is 33.1 Å². The van der Waals surface area contributed by atoms with E-state index in [1.165, 1.54) is 23.1 Å². The van der Waals surface area contributed by atoms with Crippen molar-refractivity contribution in [3.63, 3.8) is 0 Å². The van der Waals surface area contributed by atoms with E-state index in [1.807, 2.05) is 48.8 Å². The molecule has 10 heteroatoms. The molecular formula is C30H25Cl2N3O5. The number of halogens is 2. The molecule has 1 aromatic heterocycles. The van der Waals surface area contributed by atoms with Crippen LogP contribution in [0.25, 0.3) is 5.69 Å². The molecular weight excluding hydrogens is 553 g/mol. The van der Waals surface area contributed by atoms with Crippen molar-refractivity contribution in [3.05, 3.63) is 99.5 Å². The lowest BCUT2D eigenvalue weighted by molar-refractivity contribution is -0.122. The molecule has 1 aliphatic carbocycles. The summed E-state index contributed by atoms with van der Waals surface area (Å²) in [6.45, 7) is 3.97. The summed E-state index contributed by atoms with van der Waals surface area (Å²) in [7, 11) is 1.57. The van der Waals surface area contributed by atoms with Gasteiger partial charge in [0.25, 0.3) is 11.8 Å². The number of benzene rings is 2. The topological polar surface area (TPSA) is 101 Å². The zero-order valence-electron chi connectivity index (χ0n) is 21.9. The summed E-state index contributed by atoms with van der Waals surface area (Å²) in [5, 5.41) is 12.9. The Hall–Kier alpha value is -4.01. The number of aromatic nitrogens is 1. The van der Waals surface area contributed by atoms with Crippen molar-refractivity contribution in [1.29, 1.82) is 0 Å². The number of nitrogens with one attached hydrogen (secondary N) is 1. The Balaban J connectivity index is 1.74. The number of para-hydroxylation sites is 2. The molecule has 40 heavy (non-hydrogen) atoms. The number of rotatable bonds is 5. The van der Waals surface area contributed by atoms with E-state index in [4.69, 9.17) is 27.9 Å². The normalized spacial score (nSPS) is 21.4. The van der Waals surface area contributed by atoms with Gasteiger partial charge in [-0.2, -0.15) is 0 Å². The number of methoxy groups -OCH3 is 1. The van der Waals surface area contributed by atoms with E-state index in [2.05, 4.69) is 5.32 Å². The van der Waals surface area contributed by atoms with Crippen LogP contribution in [0.15, 0.2) is 72.1 Å². The van der Waals surface area contributed by atoms with Gasteiger partial charge in [-0.05, 0) is 48.7 Å². The zero-order chi connectivity index (χ0) is 28.5. The average molecular weight is 578 g/mol. The van der Waals surface area contributed by atoms with E-state index in [1.54, 1.807) is 19.4 Å². The largest absolute Gasteiger partial charge is 0.495 e. The number of aromatic carboxylic acids is 1. The predicted octanol–water partition coefficient (Wildman–Crippen LogP) is 5.77. The first-order valence-corrected chi connectivity index (χ1v) is 13.6. The number of ether oxygens (including phenoxy) is 1. The van der Waals surface area contributed by atoms with Crippen molar-refractivity contribution in [2.75, 3.05) is 12.0 Å². The van der Waals surface area contributed by atoms with Gasteiger partial charge in [-0.1, -0.05) is 43.7 Å². The Kier molecular flexibility index (Phi) is 6.09. The molecule has 0 bridgehead atoms. The molecule has 1 fully saturated rings.